The maximum atomic E-state index is 12.1. The second-order valence-corrected chi connectivity index (χ2v) is 6.21. The van der Waals surface area contributed by atoms with Gasteiger partial charge in [0.2, 0.25) is 0 Å². The molecule has 1 amide bonds. The molecule has 1 aromatic rings. The molecule has 126 valence electrons. The highest BCUT2D eigenvalue weighted by Gasteiger charge is 2.35. The number of carbonyl (C=O) groups excluding carboxylic acids is 1. The molecule has 0 bridgehead atoms. The number of nitrogens with zero attached hydrogens (tertiary/aromatic N) is 3. The van der Waals surface area contributed by atoms with Crippen LogP contribution in [0.1, 0.15) is 18.4 Å². The smallest absolute Gasteiger partial charge is 0.414 e. The molecule has 0 radical (unpaired) electrons. The van der Waals surface area contributed by atoms with E-state index < -0.39 is 12.1 Å². The molecule has 2 saturated heterocycles. The van der Waals surface area contributed by atoms with Gasteiger partial charge >= 0.3 is 12.1 Å². The molecule has 2 aliphatic heterocycles. The number of aliphatic carboxylic acids is 1. The van der Waals surface area contributed by atoms with Crippen molar-refractivity contribution >= 4 is 17.7 Å². The van der Waals surface area contributed by atoms with Crippen LogP contribution in [-0.2, 0) is 9.53 Å². The quantitative estimate of drug-likeness (QED) is 0.903. The van der Waals surface area contributed by atoms with Crippen LogP contribution >= 0.6 is 0 Å². The molecule has 0 aromatic heterocycles. The Bertz CT molecular complexity index is 667. The molecule has 3 rings (SSSR count). The van der Waals surface area contributed by atoms with Crippen molar-refractivity contribution in [1.82, 2.24) is 4.90 Å². The van der Waals surface area contributed by atoms with E-state index in [1.54, 1.807) is 29.2 Å². The van der Waals surface area contributed by atoms with Crippen LogP contribution < -0.4 is 4.90 Å². The summed E-state index contributed by atoms with van der Waals surface area (Å²) in [5.74, 6) is -1.10. The molecule has 1 N–H and O–H groups in total. The Balaban J connectivity index is 1.60. The zero-order valence-electron chi connectivity index (χ0n) is 13.2. The van der Waals surface area contributed by atoms with Crippen molar-refractivity contribution in [3.63, 3.8) is 0 Å². The maximum absolute atomic E-state index is 12.1. The molecule has 0 aliphatic carbocycles. The number of nitriles is 1. The summed E-state index contributed by atoms with van der Waals surface area (Å²) < 4.78 is 5.42. The third-order valence-electron chi connectivity index (χ3n) is 4.50. The first-order valence-corrected chi connectivity index (χ1v) is 8.00. The second-order valence-electron chi connectivity index (χ2n) is 6.21. The molecule has 24 heavy (non-hydrogen) atoms. The third-order valence-corrected chi connectivity index (χ3v) is 4.50. The molecular formula is C17H19N3O4. The first-order valence-electron chi connectivity index (χ1n) is 8.00. The van der Waals surface area contributed by atoms with Crippen molar-refractivity contribution in [3.05, 3.63) is 29.8 Å². The number of anilines is 1. The minimum atomic E-state index is -0.762. The zero-order chi connectivity index (χ0) is 17.1. The van der Waals surface area contributed by atoms with Crippen molar-refractivity contribution in [3.8, 4) is 6.07 Å². The van der Waals surface area contributed by atoms with Crippen molar-refractivity contribution in [2.45, 2.75) is 18.9 Å². The van der Waals surface area contributed by atoms with Gasteiger partial charge in [0.15, 0.2) is 0 Å². The van der Waals surface area contributed by atoms with Crippen LogP contribution in [0, 0.1) is 17.2 Å². The van der Waals surface area contributed by atoms with E-state index in [0.29, 0.717) is 37.3 Å². The zero-order valence-corrected chi connectivity index (χ0v) is 13.2. The highest BCUT2D eigenvalue weighted by Crippen LogP contribution is 2.24. The molecule has 1 aromatic carbocycles. The molecule has 0 spiro atoms. The summed E-state index contributed by atoms with van der Waals surface area (Å²) in [6.45, 7) is 2.30. The number of benzene rings is 1. The Morgan fingerprint density at radius 1 is 1.33 bits per heavy atom. The largest absolute Gasteiger partial charge is 0.481 e. The number of hydrogen-bond acceptors (Lipinski definition) is 5. The molecule has 0 saturated carbocycles. The molecule has 2 aliphatic rings. The van der Waals surface area contributed by atoms with E-state index in [4.69, 9.17) is 15.1 Å². The van der Waals surface area contributed by atoms with E-state index in [1.165, 1.54) is 0 Å². The highest BCUT2D eigenvalue weighted by atomic mass is 16.6. The molecule has 7 nitrogen and oxygen atoms in total. The van der Waals surface area contributed by atoms with Crippen LogP contribution in [0.5, 0.6) is 0 Å². The van der Waals surface area contributed by atoms with Gasteiger partial charge in [0, 0.05) is 18.8 Å². The number of rotatable bonds is 4. The Morgan fingerprint density at radius 2 is 2.08 bits per heavy atom. The highest BCUT2D eigenvalue weighted by molar-refractivity contribution is 5.89. The van der Waals surface area contributed by atoms with E-state index in [0.717, 1.165) is 13.0 Å². The summed E-state index contributed by atoms with van der Waals surface area (Å²) in [6, 6.07) is 8.82. The standard InChI is InChI=1S/C17H19N3O4/c18-8-12-3-5-14(6-4-12)20-11-15(24-17(20)23)10-19-7-1-2-13(9-19)16(21)22/h3-6,13,15H,1-2,7,9-11H2,(H,21,22). The van der Waals surface area contributed by atoms with Crippen molar-refractivity contribution < 1.29 is 19.4 Å². The molecule has 2 unspecified atom stereocenters. The molecule has 7 heteroatoms. The topological polar surface area (TPSA) is 93.9 Å². The first-order chi connectivity index (χ1) is 11.6. The minimum Gasteiger partial charge on any atom is -0.481 e. The van der Waals surface area contributed by atoms with Crippen molar-refractivity contribution in [1.29, 1.82) is 5.26 Å². The number of carboxylic acid groups (broad SMARTS) is 1. The fourth-order valence-corrected chi connectivity index (χ4v) is 3.25. The lowest BCUT2D eigenvalue weighted by Crippen LogP contribution is -2.43. The Morgan fingerprint density at radius 3 is 2.75 bits per heavy atom. The van der Waals surface area contributed by atoms with Crippen LogP contribution in [0.15, 0.2) is 24.3 Å². The number of carboxylic acids is 1. The van der Waals surface area contributed by atoms with Gasteiger partial charge < -0.3 is 9.84 Å². The van der Waals surface area contributed by atoms with Gasteiger partial charge in [-0.2, -0.15) is 5.26 Å². The van der Waals surface area contributed by atoms with Gasteiger partial charge in [0.05, 0.1) is 24.1 Å². The van der Waals surface area contributed by atoms with E-state index in [-0.39, 0.29) is 12.0 Å². The molecule has 2 heterocycles. The lowest BCUT2D eigenvalue weighted by molar-refractivity contribution is -0.143. The maximum Gasteiger partial charge on any atom is 0.414 e. The average molecular weight is 329 g/mol. The van der Waals surface area contributed by atoms with Gasteiger partial charge in [-0.1, -0.05) is 0 Å². The van der Waals surface area contributed by atoms with E-state index in [9.17, 15) is 9.59 Å². The number of ether oxygens (including phenoxy) is 1. The molecule has 2 fully saturated rings. The lowest BCUT2D eigenvalue weighted by atomic mass is 9.98. The number of cyclic esters (lactones) is 1. The van der Waals surface area contributed by atoms with Gasteiger partial charge in [0.25, 0.3) is 0 Å². The van der Waals surface area contributed by atoms with Crippen molar-refractivity contribution in [2.75, 3.05) is 31.1 Å². The number of carbonyl (C=O) groups is 2. The Labute approximate surface area is 140 Å². The minimum absolute atomic E-state index is 0.277. The number of hydrogen-bond donors (Lipinski definition) is 1. The third kappa shape index (κ3) is 3.49. The summed E-state index contributed by atoms with van der Waals surface area (Å²) in [5.41, 5.74) is 1.24. The number of likely N-dealkylation sites (tertiary alicyclic amines) is 1. The van der Waals surface area contributed by atoms with Gasteiger partial charge in [-0.05, 0) is 43.7 Å². The van der Waals surface area contributed by atoms with Gasteiger partial charge in [-0.25, -0.2) is 4.79 Å². The van der Waals surface area contributed by atoms with Crippen LogP contribution in [-0.4, -0.2) is 54.4 Å². The predicted octanol–water partition coefficient (Wildman–Crippen LogP) is 1.68. The Kier molecular flexibility index (Phi) is 4.67. The Hall–Kier alpha value is -2.59. The normalized spacial score (nSPS) is 24.5. The monoisotopic (exact) mass is 329 g/mol. The summed E-state index contributed by atoms with van der Waals surface area (Å²) >= 11 is 0. The van der Waals surface area contributed by atoms with Crippen LogP contribution in [0.25, 0.3) is 0 Å². The van der Waals surface area contributed by atoms with Gasteiger partial charge in [-0.3, -0.25) is 14.6 Å². The SMILES string of the molecule is N#Cc1ccc(N2CC(CN3CCCC(C(=O)O)C3)OC2=O)cc1. The predicted molar refractivity (Wildman–Crippen MR) is 85.6 cm³/mol. The fourth-order valence-electron chi connectivity index (χ4n) is 3.25. The lowest BCUT2D eigenvalue weighted by Gasteiger charge is -2.31. The average Bonchev–Trinajstić information content (AvgIpc) is 2.95. The van der Waals surface area contributed by atoms with E-state index in [2.05, 4.69) is 4.90 Å². The number of amides is 1. The van der Waals surface area contributed by atoms with Gasteiger partial charge in [0.1, 0.15) is 6.10 Å². The summed E-state index contributed by atoms with van der Waals surface area (Å²) in [7, 11) is 0. The second kappa shape index (κ2) is 6.89. The van der Waals surface area contributed by atoms with Crippen LogP contribution in [0.4, 0.5) is 10.5 Å². The first kappa shape index (κ1) is 16.3. The summed E-state index contributed by atoms with van der Waals surface area (Å²) in [4.78, 5) is 26.8. The summed E-state index contributed by atoms with van der Waals surface area (Å²) in [5, 5.41) is 18.0. The summed E-state index contributed by atoms with van der Waals surface area (Å²) in [6.07, 6.45) is 0.863. The van der Waals surface area contributed by atoms with Gasteiger partial charge in [-0.15, -0.1) is 0 Å². The van der Waals surface area contributed by atoms with E-state index in [1.807, 2.05) is 6.07 Å². The van der Waals surface area contributed by atoms with Crippen LogP contribution in [0.3, 0.4) is 0 Å². The van der Waals surface area contributed by atoms with Crippen molar-refractivity contribution in [2.24, 2.45) is 5.92 Å². The number of piperidine rings is 1. The molecule has 2 atom stereocenters. The fraction of sp³-hybridized carbons (Fsp3) is 0.471. The molecular weight excluding hydrogens is 310 g/mol. The van der Waals surface area contributed by atoms with Crippen LogP contribution in [0.2, 0.25) is 0 Å². The van der Waals surface area contributed by atoms with E-state index >= 15 is 0 Å².